The van der Waals surface area contributed by atoms with Crippen LogP contribution in [0.2, 0.25) is 0 Å². The first-order valence-electron chi connectivity index (χ1n) is 9.07. The van der Waals surface area contributed by atoms with Gasteiger partial charge in [-0.25, -0.2) is 9.89 Å². The van der Waals surface area contributed by atoms with E-state index in [1.807, 2.05) is 26.0 Å². The van der Waals surface area contributed by atoms with Crippen LogP contribution in [0, 0.1) is 5.92 Å². The van der Waals surface area contributed by atoms with Crippen molar-refractivity contribution in [1.82, 2.24) is 20.7 Å². The van der Waals surface area contributed by atoms with E-state index in [4.69, 9.17) is 9.47 Å². The number of nitrogens with one attached hydrogen (secondary N) is 3. The van der Waals surface area contributed by atoms with Crippen molar-refractivity contribution in [2.75, 3.05) is 19.5 Å². The topological polar surface area (TPSA) is 118 Å². The molecule has 9 heteroatoms. The van der Waals surface area contributed by atoms with E-state index < -0.39 is 6.03 Å². The highest BCUT2D eigenvalue weighted by Crippen LogP contribution is 2.32. The quantitative estimate of drug-likeness (QED) is 0.589. The SMILES string of the molecule is COc1ccc([C@@H](NC(=O)Nc2ccc3nn[nH]c(=O)c3c2)C(C)C)cc1OC. The smallest absolute Gasteiger partial charge is 0.319 e. The largest absolute Gasteiger partial charge is 0.493 e. The van der Waals surface area contributed by atoms with Gasteiger partial charge in [0.15, 0.2) is 11.5 Å². The van der Waals surface area contributed by atoms with Crippen molar-refractivity contribution in [1.29, 1.82) is 0 Å². The molecule has 1 heterocycles. The number of carbonyl (C=O) groups is 1. The molecule has 0 spiro atoms. The van der Waals surface area contributed by atoms with Gasteiger partial charge in [0.1, 0.15) is 5.52 Å². The minimum absolute atomic E-state index is 0.119. The first-order valence-corrected chi connectivity index (χ1v) is 9.07. The number of H-pyrrole nitrogens is 1. The van der Waals surface area contributed by atoms with Crippen LogP contribution in [0.1, 0.15) is 25.5 Å². The second kappa shape index (κ2) is 8.59. The van der Waals surface area contributed by atoms with Crippen LogP contribution in [0.4, 0.5) is 10.5 Å². The lowest BCUT2D eigenvalue weighted by Gasteiger charge is -2.24. The van der Waals surface area contributed by atoms with E-state index >= 15 is 0 Å². The fourth-order valence-corrected chi connectivity index (χ4v) is 3.06. The minimum Gasteiger partial charge on any atom is -0.493 e. The Labute approximate surface area is 167 Å². The first kappa shape index (κ1) is 20.1. The zero-order chi connectivity index (χ0) is 21.0. The van der Waals surface area contributed by atoms with Crippen molar-refractivity contribution in [3.63, 3.8) is 0 Å². The first-order chi connectivity index (χ1) is 13.9. The lowest BCUT2D eigenvalue weighted by atomic mass is 9.96. The summed E-state index contributed by atoms with van der Waals surface area (Å²) in [6.45, 7) is 4.02. The van der Waals surface area contributed by atoms with Gasteiger partial charge in [-0.15, -0.1) is 5.10 Å². The van der Waals surface area contributed by atoms with Crippen molar-refractivity contribution < 1.29 is 14.3 Å². The van der Waals surface area contributed by atoms with Gasteiger partial charge in [-0.05, 0) is 41.8 Å². The van der Waals surface area contributed by atoms with Gasteiger partial charge in [-0.3, -0.25) is 4.79 Å². The standard InChI is InChI=1S/C20H23N5O4/c1-11(2)18(12-5-8-16(28-3)17(9-12)29-4)22-20(27)21-13-6-7-15-14(10-13)19(26)24-25-23-15/h5-11,18H,1-4H3,(H2,21,22,27)(H,23,24,26)/t18-/m0/s1. The molecule has 0 aliphatic carbocycles. The molecule has 0 aliphatic rings. The summed E-state index contributed by atoms with van der Waals surface area (Å²) in [5, 5.41) is 15.7. The van der Waals surface area contributed by atoms with Crippen molar-refractivity contribution in [2.24, 2.45) is 5.92 Å². The third-order valence-corrected chi connectivity index (χ3v) is 4.53. The number of fused-ring (bicyclic) bond motifs is 1. The van der Waals surface area contributed by atoms with E-state index in [0.717, 1.165) is 5.56 Å². The molecule has 152 valence electrons. The maximum Gasteiger partial charge on any atom is 0.319 e. The summed E-state index contributed by atoms with van der Waals surface area (Å²) in [4.78, 5) is 24.5. The third-order valence-electron chi connectivity index (χ3n) is 4.53. The molecule has 2 amide bonds. The number of carbonyl (C=O) groups excluding carboxylic acids is 1. The summed E-state index contributed by atoms with van der Waals surface area (Å²) >= 11 is 0. The number of rotatable bonds is 6. The highest BCUT2D eigenvalue weighted by molar-refractivity contribution is 5.92. The molecule has 0 bridgehead atoms. The van der Waals surface area contributed by atoms with Gasteiger partial charge < -0.3 is 20.1 Å². The van der Waals surface area contributed by atoms with Gasteiger partial charge in [0.2, 0.25) is 0 Å². The lowest BCUT2D eigenvalue weighted by Crippen LogP contribution is -2.35. The predicted molar refractivity (Wildman–Crippen MR) is 109 cm³/mol. The number of benzene rings is 2. The summed E-state index contributed by atoms with van der Waals surface area (Å²) in [7, 11) is 3.14. The fraction of sp³-hybridized carbons (Fsp3) is 0.300. The molecule has 1 aromatic heterocycles. The number of methoxy groups -OCH3 is 2. The summed E-state index contributed by atoms with van der Waals surface area (Å²) in [6.07, 6.45) is 0. The van der Waals surface area contributed by atoms with Crippen LogP contribution >= 0.6 is 0 Å². The molecule has 3 aromatic rings. The monoisotopic (exact) mass is 397 g/mol. The summed E-state index contributed by atoms with van der Waals surface area (Å²) in [5.74, 6) is 1.33. The van der Waals surface area contributed by atoms with Crippen LogP contribution in [0.15, 0.2) is 41.2 Å². The fourth-order valence-electron chi connectivity index (χ4n) is 3.06. The van der Waals surface area contributed by atoms with Crippen molar-refractivity contribution in [3.05, 3.63) is 52.3 Å². The summed E-state index contributed by atoms with van der Waals surface area (Å²) in [5.41, 5.74) is 1.44. The average Bonchev–Trinajstić information content (AvgIpc) is 2.72. The van der Waals surface area contributed by atoms with Crippen LogP contribution in [0.5, 0.6) is 11.5 Å². The molecule has 2 aromatic carbocycles. The molecule has 0 unspecified atom stereocenters. The van der Waals surface area contributed by atoms with Crippen molar-refractivity contribution in [2.45, 2.75) is 19.9 Å². The Morgan fingerprint density at radius 3 is 2.52 bits per heavy atom. The molecule has 29 heavy (non-hydrogen) atoms. The lowest BCUT2D eigenvalue weighted by molar-refractivity contribution is 0.244. The Hall–Kier alpha value is -3.62. The number of aromatic nitrogens is 3. The Kier molecular flexibility index (Phi) is 5.96. The molecule has 3 N–H and O–H groups in total. The van der Waals surface area contributed by atoms with E-state index in [2.05, 4.69) is 26.0 Å². The van der Waals surface area contributed by atoms with Crippen LogP contribution in [0.3, 0.4) is 0 Å². The van der Waals surface area contributed by atoms with E-state index in [1.165, 1.54) is 0 Å². The van der Waals surface area contributed by atoms with Gasteiger partial charge in [-0.2, -0.15) is 0 Å². The Morgan fingerprint density at radius 2 is 1.83 bits per heavy atom. The van der Waals surface area contributed by atoms with E-state index in [1.54, 1.807) is 38.5 Å². The average molecular weight is 397 g/mol. The molecule has 0 saturated carbocycles. The van der Waals surface area contributed by atoms with Crippen molar-refractivity contribution >= 4 is 22.6 Å². The number of amides is 2. The van der Waals surface area contributed by atoms with Crippen LogP contribution in [-0.2, 0) is 0 Å². The van der Waals surface area contributed by atoms with E-state index in [9.17, 15) is 9.59 Å². The molecule has 0 aliphatic heterocycles. The number of hydrogen-bond acceptors (Lipinski definition) is 6. The Bertz CT molecular complexity index is 1080. The highest BCUT2D eigenvalue weighted by atomic mass is 16.5. The number of aromatic amines is 1. The molecular weight excluding hydrogens is 374 g/mol. The number of ether oxygens (including phenoxy) is 2. The molecule has 9 nitrogen and oxygen atoms in total. The third kappa shape index (κ3) is 4.45. The normalized spacial score (nSPS) is 11.9. The van der Waals surface area contributed by atoms with Crippen LogP contribution in [0.25, 0.3) is 10.9 Å². The van der Waals surface area contributed by atoms with Gasteiger partial charge >= 0.3 is 6.03 Å². The molecule has 3 rings (SSSR count). The minimum atomic E-state index is -0.392. The number of hydrogen-bond donors (Lipinski definition) is 3. The van der Waals surface area contributed by atoms with Gasteiger partial charge in [-0.1, -0.05) is 25.1 Å². The van der Waals surface area contributed by atoms with Crippen molar-refractivity contribution in [3.8, 4) is 11.5 Å². The number of nitrogens with zero attached hydrogens (tertiary/aromatic N) is 2. The van der Waals surface area contributed by atoms with Gasteiger partial charge in [0.25, 0.3) is 5.56 Å². The van der Waals surface area contributed by atoms with Crippen LogP contribution in [-0.4, -0.2) is 35.7 Å². The zero-order valence-corrected chi connectivity index (χ0v) is 16.6. The predicted octanol–water partition coefficient (Wildman–Crippen LogP) is 2.85. The molecule has 0 radical (unpaired) electrons. The number of anilines is 1. The molecule has 0 fully saturated rings. The zero-order valence-electron chi connectivity index (χ0n) is 16.6. The van der Waals surface area contributed by atoms with E-state index in [0.29, 0.717) is 28.1 Å². The van der Waals surface area contributed by atoms with Crippen LogP contribution < -0.4 is 25.7 Å². The Balaban J connectivity index is 1.80. The van der Waals surface area contributed by atoms with Gasteiger partial charge in [0, 0.05) is 5.69 Å². The van der Waals surface area contributed by atoms with Gasteiger partial charge in [0.05, 0.1) is 25.6 Å². The molecule has 0 saturated heterocycles. The number of urea groups is 1. The maximum absolute atomic E-state index is 12.6. The maximum atomic E-state index is 12.6. The summed E-state index contributed by atoms with van der Waals surface area (Å²) < 4.78 is 10.6. The second-order valence-corrected chi connectivity index (χ2v) is 6.81. The Morgan fingerprint density at radius 1 is 1.07 bits per heavy atom. The second-order valence-electron chi connectivity index (χ2n) is 6.81. The molecular formula is C20H23N5O4. The van der Waals surface area contributed by atoms with E-state index in [-0.39, 0.29) is 17.5 Å². The highest BCUT2D eigenvalue weighted by Gasteiger charge is 2.20. The summed E-state index contributed by atoms with van der Waals surface area (Å²) in [6, 6.07) is 9.74. The molecule has 1 atom stereocenters.